The molecule has 3 rings (SSSR count). The molecule has 2 N–H and O–H groups in total. The number of carbonyl (C=O) groups excluding carboxylic acids is 1. The molecule has 8 nitrogen and oxygen atoms in total. The molecule has 204 valence electrons. The average molecular weight is 537 g/mol. The van der Waals surface area contributed by atoms with Gasteiger partial charge in [-0.2, -0.15) is 0 Å². The van der Waals surface area contributed by atoms with Gasteiger partial charge in [0.25, 0.3) is 0 Å². The van der Waals surface area contributed by atoms with E-state index in [2.05, 4.69) is 0 Å². The maximum absolute atomic E-state index is 13.0. The summed E-state index contributed by atoms with van der Waals surface area (Å²) in [5, 5.41) is 18.0. The fraction of sp³-hybridized carbons (Fsp3) is 0.233. The molecule has 0 fully saturated rings. The number of unbranched alkanes of at least 4 members (excludes halogenated alkanes) is 1. The summed E-state index contributed by atoms with van der Waals surface area (Å²) in [5.74, 6) is -1.37. The summed E-state index contributed by atoms with van der Waals surface area (Å²) in [6.45, 7) is 0.674. The molecule has 0 unspecified atom stereocenters. The van der Waals surface area contributed by atoms with Crippen molar-refractivity contribution in [3.05, 3.63) is 95.3 Å². The molecule has 0 saturated heterocycles. The molecule has 0 aromatic heterocycles. The fourth-order valence-electron chi connectivity index (χ4n) is 3.55. The number of hydrogen-bond acceptors (Lipinski definition) is 6. The van der Waals surface area contributed by atoms with Crippen molar-refractivity contribution in [2.45, 2.75) is 25.7 Å². The van der Waals surface area contributed by atoms with Gasteiger partial charge in [0.2, 0.25) is 0 Å². The number of ether oxygens (including phenoxy) is 3. The summed E-state index contributed by atoms with van der Waals surface area (Å²) >= 11 is 0. The van der Waals surface area contributed by atoms with Crippen molar-refractivity contribution in [1.82, 2.24) is 0 Å². The normalized spacial score (nSPS) is 10.8. The summed E-state index contributed by atoms with van der Waals surface area (Å²) < 4.78 is 30.2. The third-order valence-corrected chi connectivity index (χ3v) is 5.43. The second-order valence-corrected chi connectivity index (χ2v) is 8.49. The minimum Gasteiger partial charge on any atom is -0.494 e. The van der Waals surface area contributed by atoms with Crippen LogP contribution in [0.4, 0.5) is 4.39 Å². The lowest BCUT2D eigenvalue weighted by Gasteiger charge is -2.15. The first kappa shape index (κ1) is 28.9. The molecule has 39 heavy (non-hydrogen) atoms. The maximum Gasteiger partial charge on any atom is 0.307 e. The first-order valence-corrected chi connectivity index (χ1v) is 12.3. The molecule has 0 aliphatic rings. The largest absolute Gasteiger partial charge is 0.494 e. The molecule has 0 amide bonds. The maximum atomic E-state index is 13.0. The van der Waals surface area contributed by atoms with Crippen LogP contribution in [0.25, 0.3) is 6.08 Å². The summed E-state index contributed by atoms with van der Waals surface area (Å²) in [4.78, 5) is 34.7. The summed E-state index contributed by atoms with van der Waals surface area (Å²) in [7, 11) is 0. The van der Waals surface area contributed by atoms with Gasteiger partial charge in [-0.3, -0.25) is 14.4 Å². The zero-order chi connectivity index (χ0) is 28.0. The van der Waals surface area contributed by atoms with Crippen molar-refractivity contribution in [2.24, 2.45) is 0 Å². The number of aliphatic carboxylic acids is 2. The van der Waals surface area contributed by atoms with Crippen LogP contribution in [-0.2, 0) is 16.0 Å². The number of para-hydroxylation sites is 1. The van der Waals surface area contributed by atoms with Crippen molar-refractivity contribution >= 4 is 23.8 Å². The molecule has 0 heterocycles. The highest BCUT2D eigenvalue weighted by molar-refractivity contribution is 6.07. The Kier molecular flexibility index (Phi) is 11.1. The lowest BCUT2D eigenvalue weighted by molar-refractivity contribution is -0.138. The van der Waals surface area contributed by atoms with Gasteiger partial charge in [0.05, 0.1) is 32.7 Å². The molecule has 3 aromatic rings. The van der Waals surface area contributed by atoms with Crippen LogP contribution in [0.2, 0.25) is 0 Å². The zero-order valence-corrected chi connectivity index (χ0v) is 21.2. The number of carbonyl (C=O) groups is 3. The molecule has 0 aliphatic carbocycles. The number of ketones is 1. The lowest BCUT2D eigenvalue weighted by atomic mass is 10.0. The Morgan fingerprint density at radius 1 is 0.795 bits per heavy atom. The van der Waals surface area contributed by atoms with E-state index >= 15 is 0 Å². The topological polar surface area (TPSA) is 119 Å². The van der Waals surface area contributed by atoms with Crippen molar-refractivity contribution in [3.63, 3.8) is 0 Å². The first-order chi connectivity index (χ1) is 18.8. The van der Waals surface area contributed by atoms with E-state index in [1.807, 2.05) is 0 Å². The van der Waals surface area contributed by atoms with Gasteiger partial charge in [-0.25, -0.2) is 4.39 Å². The van der Waals surface area contributed by atoms with E-state index in [1.54, 1.807) is 54.6 Å². The third-order valence-electron chi connectivity index (χ3n) is 5.43. The average Bonchev–Trinajstić information content (AvgIpc) is 2.90. The smallest absolute Gasteiger partial charge is 0.307 e. The van der Waals surface area contributed by atoms with Crippen molar-refractivity contribution in [3.8, 4) is 17.2 Å². The predicted octanol–water partition coefficient (Wildman–Crippen LogP) is 5.44. The van der Waals surface area contributed by atoms with Crippen LogP contribution >= 0.6 is 0 Å². The summed E-state index contributed by atoms with van der Waals surface area (Å²) in [6.07, 6.45) is 3.82. The Morgan fingerprint density at radius 3 is 2.23 bits per heavy atom. The van der Waals surface area contributed by atoms with Crippen LogP contribution in [0.3, 0.4) is 0 Å². The molecular weight excluding hydrogens is 507 g/mol. The minimum absolute atomic E-state index is 0.0900. The number of allylic oxidation sites excluding steroid dienone is 1. The molecule has 0 saturated carbocycles. The highest BCUT2D eigenvalue weighted by Gasteiger charge is 2.12. The van der Waals surface area contributed by atoms with Gasteiger partial charge in [0, 0.05) is 11.1 Å². The minimum atomic E-state index is -1.01. The van der Waals surface area contributed by atoms with E-state index in [4.69, 9.17) is 24.4 Å². The molecule has 0 bridgehead atoms. The van der Waals surface area contributed by atoms with Crippen LogP contribution < -0.4 is 14.2 Å². The molecular formula is C30H29FO8. The van der Waals surface area contributed by atoms with E-state index in [9.17, 15) is 18.8 Å². The number of carboxylic acid groups (broad SMARTS) is 2. The van der Waals surface area contributed by atoms with Crippen molar-refractivity contribution in [1.29, 1.82) is 0 Å². The fourth-order valence-corrected chi connectivity index (χ4v) is 3.55. The Hall–Kier alpha value is -4.66. The van der Waals surface area contributed by atoms with Crippen LogP contribution in [0.5, 0.6) is 17.2 Å². The Balaban J connectivity index is 1.64. The van der Waals surface area contributed by atoms with Gasteiger partial charge in [-0.1, -0.05) is 30.3 Å². The molecule has 3 aromatic carbocycles. The summed E-state index contributed by atoms with van der Waals surface area (Å²) in [6, 6.07) is 17.3. The monoisotopic (exact) mass is 536 g/mol. The highest BCUT2D eigenvalue weighted by Crippen LogP contribution is 2.33. The van der Waals surface area contributed by atoms with Gasteiger partial charge < -0.3 is 24.4 Å². The van der Waals surface area contributed by atoms with Gasteiger partial charge in [-0.15, -0.1) is 0 Å². The lowest BCUT2D eigenvalue weighted by Crippen LogP contribution is -2.08. The van der Waals surface area contributed by atoms with Crippen molar-refractivity contribution < 1.29 is 43.2 Å². The van der Waals surface area contributed by atoms with Gasteiger partial charge in [-0.05, 0) is 67.0 Å². The van der Waals surface area contributed by atoms with Gasteiger partial charge in [0.15, 0.2) is 17.3 Å². The third kappa shape index (κ3) is 9.96. The van der Waals surface area contributed by atoms with E-state index < -0.39 is 11.9 Å². The molecule has 0 aliphatic heterocycles. The molecule has 9 heteroatoms. The second kappa shape index (κ2) is 14.9. The Bertz CT molecular complexity index is 1300. The van der Waals surface area contributed by atoms with E-state index in [1.165, 1.54) is 24.3 Å². The van der Waals surface area contributed by atoms with Crippen LogP contribution in [0, 0.1) is 5.82 Å². The number of rotatable bonds is 16. The Morgan fingerprint density at radius 2 is 1.51 bits per heavy atom. The van der Waals surface area contributed by atoms with Crippen LogP contribution in [0.15, 0.2) is 72.8 Å². The van der Waals surface area contributed by atoms with E-state index in [0.29, 0.717) is 60.0 Å². The molecule has 0 radical (unpaired) electrons. The zero-order valence-electron chi connectivity index (χ0n) is 21.2. The van der Waals surface area contributed by atoms with Crippen LogP contribution in [-0.4, -0.2) is 47.8 Å². The second-order valence-electron chi connectivity index (χ2n) is 8.49. The van der Waals surface area contributed by atoms with Gasteiger partial charge >= 0.3 is 11.9 Å². The van der Waals surface area contributed by atoms with Crippen molar-refractivity contribution in [2.75, 3.05) is 19.8 Å². The SMILES string of the molecule is O=C(O)CCOc1c(C=CC(=O)c2cccc(CC(=O)O)c2)cccc1OCCCCOc1ccc(F)cc1. The number of halogens is 1. The number of carboxylic acids is 2. The van der Waals surface area contributed by atoms with Gasteiger partial charge in [0.1, 0.15) is 11.6 Å². The number of hydrogen-bond donors (Lipinski definition) is 2. The standard InChI is InChI=1S/C30H29FO8/c31-24-10-12-25(13-11-24)37-16-1-2-17-38-27-8-4-6-22(30(27)39-18-15-28(33)34)9-14-26(32)23-7-3-5-21(19-23)20-29(35)36/h3-14,19H,1-2,15-18,20H2,(H,33,34)(H,35,36). The first-order valence-electron chi connectivity index (χ1n) is 12.3. The summed E-state index contributed by atoms with van der Waals surface area (Å²) in [5.41, 5.74) is 1.37. The number of benzene rings is 3. The van der Waals surface area contributed by atoms with E-state index in [0.717, 1.165) is 0 Å². The predicted molar refractivity (Wildman–Crippen MR) is 142 cm³/mol. The quantitative estimate of drug-likeness (QED) is 0.141. The Labute approximate surface area is 225 Å². The van der Waals surface area contributed by atoms with Crippen LogP contribution in [0.1, 0.15) is 40.7 Å². The molecule has 0 atom stereocenters. The molecule has 0 spiro atoms. The van der Waals surface area contributed by atoms with E-state index in [-0.39, 0.29) is 31.0 Å². The highest BCUT2D eigenvalue weighted by atomic mass is 19.1.